The second kappa shape index (κ2) is 2.68. The van der Waals surface area contributed by atoms with Crippen molar-refractivity contribution in [2.45, 2.75) is 0 Å². The second-order valence-corrected chi connectivity index (χ2v) is 1.82. The fourth-order valence-electron chi connectivity index (χ4n) is 0.600. The summed E-state index contributed by atoms with van der Waals surface area (Å²) in [6.07, 6.45) is 1.23. The van der Waals surface area contributed by atoms with Crippen LogP contribution in [0, 0.1) is 22.7 Å². The predicted octanol–water partition coefficient (Wildman–Crippen LogP) is 0.531. The first kappa shape index (κ1) is 7.04. The number of rotatable bonds is 0. The van der Waals surface area contributed by atoms with Gasteiger partial charge in [-0.3, -0.25) is 0 Å². The van der Waals surface area contributed by atoms with Gasteiger partial charge in [-0.2, -0.15) is 10.5 Å². The van der Waals surface area contributed by atoms with Crippen LogP contribution in [0.3, 0.4) is 0 Å². The highest BCUT2D eigenvalue weighted by Gasteiger charge is 2.01. The van der Waals surface area contributed by atoms with E-state index < -0.39 is 0 Å². The molecule has 1 aromatic rings. The van der Waals surface area contributed by atoms with Crippen LogP contribution in [0.2, 0.25) is 0 Å². The highest BCUT2D eigenvalue weighted by molar-refractivity contribution is 5.41. The second-order valence-electron chi connectivity index (χ2n) is 1.82. The number of hydrogen-bond acceptors (Lipinski definition) is 4. The number of nitrogens with zero attached hydrogens (tertiary/aromatic N) is 3. The van der Waals surface area contributed by atoms with Crippen molar-refractivity contribution in [3.8, 4) is 17.9 Å². The monoisotopic (exact) mass is 145 g/mol. The van der Waals surface area contributed by atoms with Crippen LogP contribution in [0.25, 0.3) is 0 Å². The van der Waals surface area contributed by atoms with Gasteiger partial charge in [0.05, 0.1) is 5.56 Å². The van der Waals surface area contributed by atoms with Crippen molar-refractivity contribution in [1.82, 2.24) is 4.98 Å². The first-order chi connectivity index (χ1) is 5.27. The topological polar surface area (TPSA) is 80.7 Å². The van der Waals surface area contributed by atoms with E-state index in [2.05, 4.69) is 4.98 Å². The lowest BCUT2D eigenvalue weighted by molar-refractivity contribution is 0.470. The summed E-state index contributed by atoms with van der Waals surface area (Å²) >= 11 is 0. The van der Waals surface area contributed by atoms with Crippen LogP contribution in [0.15, 0.2) is 12.3 Å². The van der Waals surface area contributed by atoms with E-state index in [-0.39, 0.29) is 17.0 Å². The van der Waals surface area contributed by atoms with Gasteiger partial charge in [-0.15, -0.1) is 0 Å². The fourth-order valence-corrected chi connectivity index (χ4v) is 0.600. The minimum Gasteiger partial charge on any atom is -0.505 e. The predicted molar refractivity (Wildman–Crippen MR) is 35.3 cm³/mol. The molecular formula is C7H3N3O. The van der Waals surface area contributed by atoms with Crippen LogP contribution in [0.1, 0.15) is 11.3 Å². The standard InChI is InChI=1S/C7H3N3O/c8-2-5-1-7(11)6(3-9)10-4-5/h1,4,11H. The van der Waals surface area contributed by atoms with Gasteiger partial charge in [-0.25, -0.2) is 4.98 Å². The van der Waals surface area contributed by atoms with Crippen molar-refractivity contribution in [3.63, 3.8) is 0 Å². The molecule has 4 nitrogen and oxygen atoms in total. The highest BCUT2D eigenvalue weighted by Crippen LogP contribution is 2.13. The van der Waals surface area contributed by atoms with Gasteiger partial charge in [0, 0.05) is 12.3 Å². The molecule has 0 aliphatic heterocycles. The first-order valence-electron chi connectivity index (χ1n) is 2.77. The molecule has 0 saturated heterocycles. The molecule has 0 fully saturated rings. The van der Waals surface area contributed by atoms with Crippen LogP contribution in [0.4, 0.5) is 0 Å². The maximum absolute atomic E-state index is 8.99. The van der Waals surface area contributed by atoms with E-state index >= 15 is 0 Å². The summed E-state index contributed by atoms with van der Waals surface area (Å²) in [7, 11) is 0. The van der Waals surface area contributed by atoms with Crippen molar-refractivity contribution in [2.24, 2.45) is 0 Å². The molecule has 0 amide bonds. The molecule has 1 N–H and O–H groups in total. The molecule has 0 bridgehead atoms. The Bertz CT molecular complexity index is 359. The molecule has 0 saturated carbocycles. The zero-order valence-electron chi connectivity index (χ0n) is 5.44. The molecule has 0 aliphatic rings. The lowest BCUT2D eigenvalue weighted by Gasteiger charge is -1.92. The summed E-state index contributed by atoms with van der Waals surface area (Å²) in [5.41, 5.74) is 0.172. The number of aromatic hydroxyl groups is 1. The van der Waals surface area contributed by atoms with Gasteiger partial charge in [0.2, 0.25) is 0 Å². The molecule has 11 heavy (non-hydrogen) atoms. The zero-order valence-corrected chi connectivity index (χ0v) is 5.44. The molecule has 0 radical (unpaired) electrons. The minimum absolute atomic E-state index is 0.0657. The average Bonchev–Trinajstić information content (AvgIpc) is 2.04. The Hall–Kier alpha value is -2.07. The van der Waals surface area contributed by atoms with E-state index in [0.29, 0.717) is 0 Å². The lowest BCUT2D eigenvalue weighted by Crippen LogP contribution is -1.84. The fraction of sp³-hybridized carbons (Fsp3) is 0. The Labute approximate surface area is 63.0 Å². The van der Waals surface area contributed by atoms with Crippen molar-refractivity contribution in [3.05, 3.63) is 23.5 Å². The SMILES string of the molecule is N#Cc1cnc(C#N)c(O)c1. The normalized spacial score (nSPS) is 8.18. The third-order valence-corrected chi connectivity index (χ3v) is 1.10. The van der Waals surface area contributed by atoms with Crippen LogP contribution in [-0.2, 0) is 0 Å². The van der Waals surface area contributed by atoms with Gasteiger partial charge in [-0.1, -0.05) is 0 Å². The molecule has 0 spiro atoms. The number of aromatic nitrogens is 1. The first-order valence-corrected chi connectivity index (χ1v) is 2.77. The summed E-state index contributed by atoms with van der Waals surface area (Å²) in [6.45, 7) is 0. The summed E-state index contributed by atoms with van der Waals surface area (Å²) in [4.78, 5) is 3.53. The summed E-state index contributed by atoms with van der Waals surface area (Å²) in [6, 6.07) is 4.66. The molecule has 1 heterocycles. The van der Waals surface area contributed by atoms with Gasteiger partial charge in [0.25, 0.3) is 0 Å². The molecule has 52 valence electrons. The number of hydrogen-bond donors (Lipinski definition) is 1. The molecule has 0 atom stereocenters. The van der Waals surface area contributed by atoms with E-state index in [1.54, 1.807) is 12.1 Å². The summed E-state index contributed by atoms with van der Waals surface area (Å²) < 4.78 is 0. The van der Waals surface area contributed by atoms with Crippen molar-refractivity contribution in [1.29, 1.82) is 10.5 Å². The van der Waals surface area contributed by atoms with Gasteiger partial charge in [-0.05, 0) is 0 Å². The number of pyridine rings is 1. The highest BCUT2D eigenvalue weighted by atomic mass is 16.3. The van der Waals surface area contributed by atoms with Gasteiger partial charge in [0.1, 0.15) is 12.1 Å². The molecule has 0 aliphatic carbocycles. The quantitative estimate of drug-likeness (QED) is 0.577. The molecule has 0 unspecified atom stereocenters. The van der Waals surface area contributed by atoms with Crippen LogP contribution >= 0.6 is 0 Å². The Kier molecular flexibility index (Phi) is 1.71. The van der Waals surface area contributed by atoms with Gasteiger partial charge >= 0.3 is 0 Å². The van der Waals surface area contributed by atoms with Crippen molar-refractivity contribution >= 4 is 0 Å². The van der Waals surface area contributed by atoms with E-state index in [0.717, 1.165) is 0 Å². The Balaban J connectivity index is 3.25. The molecule has 1 rings (SSSR count). The van der Waals surface area contributed by atoms with E-state index in [4.69, 9.17) is 15.6 Å². The molecular weight excluding hydrogens is 142 g/mol. The van der Waals surface area contributed by atoms with Crippen LogP contribution < -0.4 is 0 Å². The molecule has 4 heteroatoms. The maximum atomic E-state index is 8.99. The summed E-state index contributed by atoms with van der Waals surface area (Å²) in [5.74, 6) is -0.258. The van der Waals surface area contributed by atoms with E-state index in [1.807, 2.05) is 0 Å². The van der Waals surface area contributed by atoms with Crippen LogP contribution in [-0.4, -0.2) is 10.1 Å². The Morgan fingerprint density at radius 3 is 2.55 bits per heavy atom. The maximum Gasteiger partial charge on any atom is 0.182 e. The van der Waals surface area contributed by atoms with Crippen molar-refractivity contribution < 1.29 is 5.11 Å². The lowest BCUT2D eigenvalue weighted by atomic mass is 10.2. The number of nitriles is 2. The third kappa shape index (κ3) is 1.25. The Morgan fingerprint density at radius 2 is 2.09 bits per heavy atom. The summed E-state index contributed by atoms with van der Waals surface area (Å²) in [5, 5.41) is 25.7. The Morgan fingerprint density at radius 1 is 1.36 bits per heavy atom. The molecule has 1 aromatic heterocycles. The van der Waals surface area contributed by atoms with E-state index in [1.165, 1.54) is 12.3 Å². The van der Waals surface area contributed by atoms with Gasteiger partial charge in [0.15, 0.2) is 11.4 Å². The van der Waals surface area contributed by atoms with Gasteiger partial charge < -0.3 is 5.11 Å². The smallest absolute Gasteiger partial charge is 0.182 e. The largest absolute Gasteiger partial charge is 0.505 e. The third-order valence-electron chi connectivity index (χ3n) is 1.10. The minimum atomic E-state index is -0.258. The molecule has 0 aromatic carbocycles. The average molecular weight is 145 g/mol. The van der Waals surface area contributed by atoms with Crippen molar-refractivity contribution in [2.75, 3.05) is 0 Å². The zero-order chi connectivity index (χ0) is 8.27. The van der Waals surface area contributed by atoms with E-state index in [9.17, 15) is 0 Å². The van der Waals surface area contributed by atoms with Crippen LogP contribution in [0.5, 0.6) is 5.75 Å².